The summed E-state index contributed by atoms with van der Waals surface area (Å²) < 4.78 is 43.0. The Balaban J connectivity index is 1.38. The summed E-state index contributed by atoms with van der Waals surface area (Å²) in [7, 11) is -3.22. The average molecular weight is 441 g/mol. The van der Waals surface area contributed by atoms with E-state index >= 15 is 0 Å². The molecule has 30 heavy (non-hydrogen) atoms. The summed E-state index contributed by atoms with van der Waals surface area (Å²) in [5.74, 6) is 1.00. The zero-order valence-electron chi connectivity index (χ0n) is 17.6. The maximum atomic E-state index is 11.4. The molecule has 4 heterocycles. The fraction of sp³-hybridized carbons (Fsp3) is 0.750. The number of morpholine rings is 1. The van der Waals surface area contributed by atoms with Crippen LogP contribution in [-0.2, 0) is 30.8 Å². The molecule has 3 aliphatic rings. The van der Waals surface area contributed by atoms with E-state index in [1.54, 1.807) is 0 Å². The Kier molecular flexibility index (Phi) is 6.91. The third-order valence-corrected chi connectivity index (χ3v) is 6.58. The summed E-state index contributed by atoms with van der Waals surface area (Å²) in [5, 5.41) is 0. The number of anilines is 1. The Bertz CT molecular complexity index is 817. The lowest BCUT2D eigenvalue weighted by molar-refractivity contribution is -0.0843. The number of rotatable bonds is 6. The van der Waals surface area contributed by atoms with Crippen molar-refractivity contribution < 1.29 is 22.6 Å². The molecule has 168 valence electrons. The number of ether oxygens (including phenoxy) is 3. The summed E-state index contributed by atoms with van der Waals surface area (Å²) in [6.45, 7) is 7.17. The second kappa shape index (κ2) is 9.46. The zero-order valence-corrected chi connectivity index (χ0v) is 18.4. The van der Waals surface area contributed by atoms with Crippen molar-refractivity contribution in [1.82, 2.24) is 14.6 Å². The first-order chi connectivity index (χ1) is 14.4. The standard InChI is InChI=1S/C20H32N4O5S/c1-30(25,26)22-13-18-2-4-20(29-18)15-23(6-9-28-16-20)14-17-3-5-21-19(12-17)24-7-10-27-11-8-24/h3,5,12,18,22H,2,4,6-11,13-16H2,1H3/t18-,20-/m0/s1. The second-order valence-electron chi connectivity index (χ2n) is 8.47. The van der Waals surface area contributed by atoms with Gasteiger partial charge in [-0.2, -0.15) is 0 Å². The lowest BCUT2D eigenvalue weighted by atomic mass is 10.00. The third kappa shape index (κ3) is 5.89. The number of hydrogen-bond acceptors (Lipinski definition) is 8. The van der Waals surface area contributed by atoms with Crippen LogP contribution < -0.4 is 9.62 Å². The van der Waals surface area contributed by atoms with Gasteiger partial charge in [0.25, 0.3) is 0 Å². The van der Waals surface area contributed by atoms with Gasteiger partial charge in [0.1, 0.15) is 11.4 Å². The topological polar surface area (TPSA) is 93.2 Å². The van der Waals surface area contributed by atoms with E-state index < -0.39 is 10.0 Å². The molecule has 0 saturated carbocycles. The Labute approximate surface area is 178 Å². The van der Waals surface area contributed by atoms with Gasteiger partial charge in [-0.1, -0.05) is 0 Å². The highest BCUT2D eigenvalue weighted by Gasteiger charge is 2.43. The molecule has 1 N–H and O–H groups in total. The number of aromatic nitrogens is 1. The van der Waals surface area contributed by atoms with E-state index in [-0.39, 0.29) is 11.7 Å². The van der Waals surface area contributed by atoms with Crippen LogP contribution in [0.25, 0.3) is 0 Å². The highest BCUT2D eigenvalue weighted by atomic mass is 32.2. The van der Waals surface area contributed by atoms with Gasteiger partial charge in [0.15, 0.2) is 0 Å². The molecule has 4 rings (SSSR count). The van der Waals surface area contributed by atoms with Crippen molar-refractivity contribution in [2.24, 2.45) is 0 Å². The van der Waals surface area contributed by atoms with Crippen LogP contribution in [0, 0.1) is 0 Å². The van der Waals surface area contributed by atoms with Gasteiger partial charge < -0.3 is 19.1 Å². The summed E-state index contributed by atoms with van der Waals surface area (Å²) >= 11 is 0. The van der Waals surface area contributed by atoms with Gasteiger partial charge in [-0.25, -0.2) is 18.1 Å². The quantitative estimate of drug-likeness (QED) is 0.672. The van der Waals surface area contributed by atoms with Gasteiger partial charge in [0, 0.05) is 45.5 Å². The van der Waals surface area contributed by atoms with Crippen molar-refractivity contribution in [3.63, 3.8) is 0 Å². The highest BCUT2D eigenvalue weighted by molar-refractivity contribution is 7.88. The number of nitrogens with zero attached hydrogens (tertiary/aromatic N) is 3. The first-order valence-electron chi connectivity index (χ1n) is 10.6. The molecule has 1 aromatic heterocycles. The van der Waals surface area contributed by atoms with Gasteiger partial charge in [0.05, 0.1) is 38.8 Å². The minimum absolute atomic E-state index is 0.114. The van der Waals surface area contributed by atoms with E-state index in [0.29, 0.717) is 19.8 Å². The monoisotopic (exact) mass is 440 g/mol. The fourth-order valence-electron chi connectivity index (χ4n) is 4.41. The van der Waals surface area contributed by atoms with Crippen molar-refractivity contribution in [2.75, 3.05) is 70.3 Å². The molecule has 1 spiro atoms. The summed E-state index contributed by atoms with van der Waals surface area (Å²) in [5.41, 5.74) is 0.845. The number of pyridine rings is 1. The van der Waals surface area contributed by atoms with Crippen molar-refractivity contribution >= 4 is 15.8 Å². The Morgan fingerprint density at radius 1 is 1.23 bits per heavy atom. The van der Waals surface area contributed by atoms with E-state index in [0.717, 1.165) is 64.6 Å². The molecule has 1 aromatic rings. The van der Waals surface area contributed by atoms with E-state index in [1.807, 2.05) is 6.20 Å². The smallest absolute Gasteiger partial charge is 0.208 e. The molecule has 2 atom stereocenters. The second-order valence-corrected chi connectivity index (χ2v) is 10.3. The van der Waals surface area contributed by atoms with E-state index in [4.69, 9.17) is 14.2 Å². The molecule has 0 aromatic carbocycles. The third-order valence-electron chi connectivity index (χ3n) is 5.89. The Hall–Kier alpha value is -1.30. The predicted molar refractivity (Wildman–Crippen MR) is 113 cm³/mol. The van der Waals surface area contributed by atoms with Crippen molar-refractivity contribution in [3.8, 4) is 0 Å². The van der Waals surface area contributed by atoms with Crippen molar-refractivity contribution in [3.05, 3.63) is 23.9 Å². The summed E-state index contributed by atoms with van der Waals surface area (Å²) in [6.07, 6.45) is 4.64. The molecule has 3 aliphatic heterocycles. The molecule has 0 unspecified atom stereocenters. The van der Waals surface area contributed by atoms with Crippen LogP contribution in [0.5, 0.6) is 0 Å². The van der Waals surface area contributed by atoms with Crippen LogP contribution in [0.1, 0.15) is 18.4 Å². The maximum Gasteiger partial charge on any atom is 0.208 e. The minimum Gasteiger partial charge on any atom is -0.378 e. The molecule has 10 heteroatoms. The van der Waals surface area contributed by atoms with Crippen LogP contribution >= 0.6 is 0 Å². The molecular formula is C20H32N4O5S. The Morgan fingerprint density at radius 3 is 2.83 bits per heavy atom. The fourth-order valence-corrected chi connectivity index (χ4v) is 4.90. The number of hydrogen-bond donors (Lipinski definition) is 1. The van der Waals surface area contributed by atoms with Crippen LogP contribution in [0.15, 0.2) is 18.3 Å². The molecule has 0 radical (unpaired) electrons. The molecule has 0 amide bonds. The zero-order chi connectivity index (χ0) is 21.0. The van der Waals surface area contributed by atoms with Crippen LogP contribution in [0.2, 0.25) is 0 Å². The SMILES string of the molecule is CS(=O)(=O)NC[C@@H]1CC[C@]2(COCCN(Cc3ccnc(N4CCOCC4)c3)C2)O1. The number of nitrogens with one attached hydrogen (secondary N) is 1. The summed E-state index contributed by atoms with van der Waals surface area (Å²) in [6, 6.07) is 4.23. The van der Waals surface area contributed by atoms with E-state index in [9.17, 15) is 8.42 Å². The Morgan fingerprint density at radius 2 is 2.03 bits per heavy atom. The van der Waals surface area contributed by atoms with Gasteiger partial charge >= 0.3 is 0 Å². The molecular weight excluding hydrogens is 408 g/mol. The van der Waals surface area contributed by atoms with Crippen LogP contribution in [0.4, 0.5) is 5.82 Å². The molecule has 0 bridgehead atoms. The maximum absolute atomic E-state index is 11.4. The first-order valence-corrected chi connectivity index (χ1v) is 12.5. The molecule has 9 nitrogen and oxygen atoms in total. The molecule has 3 saturated heterocycles. The van der Waals surface area contributed by atoms with E-state index in [2.05, 4.69) is 31.6 Å². The largest absolute Gasteiger partial charge is 0.378 e. The van der Waals surface area contributed by atoms with Crippen LogP contribution in [-0.4, -0.2) is 95.4 Å². The van der Waals surface area contributed by atoms with Gasteiger partial charge in [-0.3, -0.25) is 4.90 Å². The molecule has 3 fully saturated rings. The van der Waals surface area contributed by atoms with Gasteiger partial charge in [-0.05, 0) is 30.5 Å². The lowest BCUT2D eigenvalue weighted by Crippen LogP contribution is -2.45. The molecule has 0 aliphatic carbocycles. The van der Waals surface area contributed by atoms with Gasteiger partial charge in [0.2, 0.25) is 10.0 Å². The normalized spacial score (nSPS) is 28.7. The van der Waals surface area contributed by atoms with Crippen molar-refractivity contribution in [2.45, 2.75) is 31.1 Å². The first kappa shape index (κ1) is 21.9. The van der Waals surface area contributed by atoms with Crippen LogP contribution in [0.3, 0.4) is 0 Å². The lowest BCUT2D eigenvalue weighted by Gasteiger charge is -2.32. The highest BCUT2D eigenvalue weighted by Crippen LogP contribution is 2.33. The van der Waals surface area contributed by atoms with Crippen molar-refractivity contribution in [1.29, 1.82) is 0 Å². The minimum atomic E-state index is -3.22. The average Bonchev–Trinajstić information content (AvgIpc) is 3.02. The predicted octanol–water partition coefficient (Wildman–Crippen LogP) is 0.217. The summed E-state index contributed by atoms with van der Waals surface area (Å²) in [4.78, 5) is 9.18. The van der Waals surface area contributed by atoms with Gasteiger partial charge in [-0.15, -0.1) is 0 Å². The van der Waals surface area contributed by atoms with E-state index in [1.165, 1.54) is 11.8 Å². The number of sulfonamides is 1.